The second-order valence-corrected chi connectivity index (χ2v) is 6.92. The maximum Gasteiger partial charge on any atom is 0.220 e. The number of nitrogens with one attached hydrogen (secondary N) is 2. The first-order valence-corrected chi connectivity index (χ1v) is 8.96. The van der Waals surface area contributed by atoms with E-state index in [0.29, 0.717) is 37.1 Å². The first-order chi connectivity index (χ1) is 11.6. The standard InChI is InChI=1S/C19H27N3O2/c1-13-5-3-7-16-19(13)22-18(24-16)8-10-21-17(23)11-14(2)15-6-4-9-20-12-15/h3,5,7,14-15,20H,4,6,8-12H2,1-2H3,(H,21,23). The largest absolute Gasteiger partial charge is 0.441 e. The highest BCUT2D eigenvalue weighted by Crippen LogP contribution is 2.22. The Hall–Kier alpha value is -1.88. The number of piperidine rings is 1. The van der Waals surface area contributed by atoms with Crippen molar-refractivity contribution < 1.29 is 9.21 Å². The molecule has 1 amide bonds. The zero-order chi connectivity index (χ0) is 16.9. The first-order valence-electron chi connectivity index (χ1n) is 8.96. The molecule has 3 rings (SSSR count). The third kappa shape index (κ3) is 4.15. The molecule has 1 aliphatic heterocycles. The van der Waals surface area contributed by atoms with Crippen molar-refractivity contribution in [1.29, 1.82) is 0 Å². The van der Waals surface area contributed by atoms with E-state index in [1.54, 1.807) is 0 Å². The van der Waals surface area contributed by atoms with Crippen molar-refractivity contribution in [3.8, 4) is 0 Å². The molecule has 1 fully saturated rings. The quantitative estimate of drug-likeness (QED) is 0.855. The van der Waals surface area contributed by atoms with Gasteiger partial charge in [0.05, 0.1) is 0 Å². The zero-order valence-corrected chi connectivity index (χ0v) is 14.6. The molecule has 0 spiro atoms. The van der Waals surface area contributed by atoms with E-state index >= 15 is 0 Å². The van der Waals surface area contributed by atoms with Crippen LogP contribution in [-0.4, -0.2) is 30.5 Å². The van der Waals surface area contributed by atoms with Crippen LogP contribution in [0.4, 0.5) is 0 Å². The fourth-order valence-corrected chi connectivity index (χ4v) is 3.44. The van der Waals surface area contributed by atoms with Crippen molar-refractivity contribution in [3.05, 3.63) is 29.7 Å². The number of para-hydroxylation sites is 1. The van der Waals surface area contributed by atoms with Crippen molar-refractivity contribution in [2.45, 2.75) is 39.5 Å². The molecule has 2 N–H and O–H groups in total. The van der Waals surface area contributed by atoms with Gasteiger partial charge in [-0.15, -0.1) is 0 Å². The van der Waals surface area contributed by atoms with Gasteiger partial charge < -0.3 is 15.1 Å². The van der Waals surface area contributed by atoms with Gasteiger partial charge in [0.15, 0.2) is 11.5 Å². The summed E-state index contributed by atoms with van der Waals surface area (Å²) in [7, 11) is 0. The summed E-state index contributed by atoms with van der Waals surface area (Å²) in [6, 6.07) is 5.92. The first kappa shape index (κ1) is 17.0. The molecule has 2 atom stereocenters. The van der Waals surface area contributed by atoms with Gasteiger partial charge in [0.1, 0.15) is 5.52 Å². The number of nitrogens with zero attached hydrogens (tertiary/aromatic N) is 1. The molecule has 0 aliphatic carbocycles. The summed E-state index contributed by atoms with van der Waals surface area (Å²) in [5.41, 5.74) is 2.84. The fraction of sp³-hybridized carbons (Fsp3) is 0.579. The van der Waals surface area contributed by atoms with Crippen LogP contribution in [0.3, 0.4) is 0 Å². The van der Waals surface area contributed by atoms with Gasteiger partial charge in [-0.05, 0) is 56.3 Å². The van der Waals surface area contributed by atoms with Crippen LogP contribution in [0.5, 0.6) is 0 Å². The second-order valence-electron chi connectivity index (χ2n) is 6.92. The number of aryl methyl sites for hydroxylation is 1. The van der Waals surface area contributed by atoms with Gasteiger partial charge in [-0.2, -0.15) is 0 Å². The van der Waals surface area contributed by atoms with Gasteiger partial charge in [0, 0.05) is 19.4 Å². The van der Waals surface area contributed by atoms with E-state index in [2.05, 4.69) is 22.5 Å². The minimum absolute atomic E-state index is 0.125. The van der Waals surface area contributed by atoms with Crippen LogP contribution in [-0.2, 0) is 11.2 Å². The molecule has 2 aromatic rings. The minimum Gasteiger partial charge on any atom is -0.441 e. The Kier molecular flexibility index (Phi) is 5.51. The molecule has 2 unspecified atom stereocenters. The number of oxazole rings is 1. The van der Waals surface area contributed by atoms with Crippen LogP contribution < -0.4 is 10.6 Å². The smallest absolute Gasteiger partial charge is 0.220 e. The van der Waals surface area contributed by atoms with E-state index < -0.39 is 0 Å². The van der Waals surface area contributed by atoms with E-state index in [-0.39, 0.29) is 5.91 Å². The predicted octanol–water partition coefficient (Wildman–Crippen LogP) is 2.82. The van der Waals surface area contributed by atoms with E-state index in [4.69, 9.17) is 4.42 Å². The summed E-state index contributed by atoms with van der Waals surface area (Å²) < 4.78 is 5.74. The summed E-state index contributed by atoms with van der Waals surface area (Å²) in [5, 5.41) is 6.42. The van der Waals surface area contributed by atoms with Gasteiger partial charge in [-0.25, -0.2) is 4.98 Å². The molecule has 0 bridgehead atoms. The molecular weight excluding hydrogens is 302 g/mol. The van der Waals surface area contributed by atoms with Crippen LogP contribution >= 0.6 is 0 Å². The third-order valence-electron chi connectivity index (χ3n) is 4.97. The van der Waals surface area contributed by atoms with Gasteiger partial charge in [0.25, 0.3) is 0 Å². The van der Waals surface area contributed by atoms with E-state index in [1.807, 2.05) is 25.1 Å². The molecule has 0 radical (unpaired) electrons. The number of carbonyl (C=O) groups excluding carboxylic acids is 1. The summed E-state index contributed by atoms with van der Waals surface area (Å²) in [6.07, 6.45) is 3.66. The average Bonchev–Trinajstić information content (AvgIpc) is 3.00. The molecule has 1 aromatic heterocycles. The zero-order valence-electron chi connectivity index (χ0n) is 14.6. The number of carbonyl (C=O) groups is 1. The highest BCUT2D eigenvalue weighted by atomic mass is 16.3. The monoisotopic (exact) mass is 329 g/mol. The number of aromatic nitrogens is 1. The van der Waals surface area contributed by atoms with Crippen LogP contribution in [0.2, 0.25) is 0 Å². The Bertz CT molecular complexity index is 689. The van der Waals surface area contributed by atoms with Gasteiger partial charge in [-0.1, -0.05) is 19.1 Å². The lowest BCUT2D eigenvalue weighted by Gasteiger charge is -2.27. The van der Waals surface area contributed by atoms with Crippen LogP contribution in [0, 0.1) is 18.8 Å². The summed E-state index contributed by atoms with van der Waals surface area (Å²) in [5.74, 6) is 1.85. The highest BCUT2D eigenvalue weighted by molar-refractivity contribution is 5.77. The number of benzene rings is 1. The third-order valence-corrected chi connectivity index (χ3v) is 4.97. The van der Waals surface area contributed by atoms with E-state index in [1.165, 1.54) is 12.8 Å². The molecule has 2 heterocycles. The SMILES string of the molecule is Cc1cccc2oc(CCNC(=O)CC(C)C3CCCNC3)nc12. The number of rotatable bonds is 6. The van der Waals surface area contributed by atoms with Gasteiger partial charge in [-0.3, -0.25) is 4.79 Å². The Balaban J connectivity index is 1.45. The number of amides is 1. The molecule has 1 aromatic carbocycles. The Morgan fingerprint density at radius 1 is 1.50 bits per heavy atom. The Morgan fingerprint density at radius 2 is 2.38 bits per heavy atom. The number of hydrogen-bond acceptors (Lipinski definition) is 4. The van der Waals surface area contributed by atoms with E-state index in [9.17, 15) is 4.79 Å². The highest BCUT2D eigenvalue weighted by Gasteiger charge is 2.21. The molecule has 24 heavy (non-hydrogen) atoms. The van der Waals surface area contributed by atoms with Crippen molar-refractivity contribution >= 4 is 17.0 Å². The van der Waals surface area contributed by atoms with Crippen molar-refractivity contribution in [2.24, 2.45) is 11.8 Å². The predicted molar refractivity (Wildman–Crippen MR) is 94.8 cm³/mol. The maximum absolute atomic E-state index is 12.1. The maximum atomic E-state index is 12.1. The van der Waals surface area contributed by atoms with Gasteiger partial charge in [0.2, 0.25) is 5.91 Å². The molecule has 1 aliphatic rings. The molecule has 0 saturated carbocycles. The lowest BCUT2D eigenvalue weighted by molar-refractivity contribution is -0.122. The molecular formula is C19H27N3O2. The van der Waals surface area contributed by atoms with Crippen LogP contribution in [0.15, 0.2) is 22.6 Å². The van der Waals surface area contributed by atoms with Crippen LogP contribution in [0.25, 0.3) is 11.1 Å². The van der Waals surface area contributed by atoms with E-state index in [0.717, 1.165) is 29.8 Å². The summed E-state index contributed by atoms with van der Waals surface area (Å²) >= 11 is 0. The molecule has 5 heteroatoms. The topological polar surface area (TPSA) is 67.2 Å². The summed E-state index contributed by atoms with van der Waals surface area (Å²) in [6.45, 7) is 6.93. The molecule has 1 saturated heterocycles. The van der Waals surface area contributed by atoms with Gasteiger partial charge >= 0.3 is 0 Å². The fourth-order valence-electron chi connectivity index (χ4n) is 3.44. The molecule has 5 nitrogen and oxygen atoms in total. The Labute approximate surface area is 143 Å². The lowest BCUT2D eigenvalue weighted by atomic mass is 9.85. The summed E-state index contributed by atoms with van der Waals surface area (Å²) in [4.78, 5) is 16.6. The normalized spacial score (nSPS) is 19.3. The van der Waals surface area contributed by atoms with Crippen molar-refractivity contribution in [3.63, 3.8) is 0 Å². The van der Waals surface area contributed by atoms with Crippen molar-refractivity contribution in [1.82, 2.24) is 15.6 Å². The lowest BCUT2D eigenvalue weighted by Crippen LogP contribution is -2.36. The van der Waals surface area contributed by atoms with Crippen LogP contribution in [0.1, 0.15) is 37.6 Å². The average molecular weight is 329 g/mol. The number of hydrogen-bond donors (Lipinski definition) is 2. The Morgan fingerprint density at radius 3 is 3.12 bits per heavy atom. The second kappa shape index (κ2) is 7.79. The molecule has 130 valence electrons. The number of fused-ring (bicyclic) bond motifs is 1. The van der Waals surface area contributed by atoms with Crippen molar-refractivity contribution in [2.75, 3.05) is 19.6 Å². The minimum atomic E-state index is 0.125.